The third kappa shape index (κ3) is 3.82. The number of hydrogen-bond donors (Lipinski definition) is 1. The van der Waals surface area contributed by atoms with Crippen LogP contribution in [0.4, 0.5) is 5.82 Å². The highest BCUT2D eigenvalue weighted by Gasteiger charge is 2.16. The van der Waals surface area contributed by atoms with Gasteiger partial charge in [-0.15, -0.1) is 0 Å². The van der Waals surface area contributed by atoms with E-state index in [-0.39, 0.29) is 23.0 Å². The second-order valence-electron chi connectivity index (χ2n) is 4.13. The summed E-state index contributed by atoms with van der Waals surface area (Å²) < 4.78 is 0. The SMILES string of the molecule is CCN(CC(=O)N(C)C)c1cc(C(=O)O)c(Cl)cn1. The van der Waals surface area contributed by atoms with E-state index in [0.29, 0.717) is 12.4 Å². The Morgan fingerprint density at radius 1 is 1.42 bits per heavy atom. The maximum atomic E-state index is 11.7. The number of aromatic carboxylic acids is 1. The van der Waals surface area contributed by atoms with Gasteiger partial charge in [0, 0.05) is 26.8 Å². The molecular formula is C12H16ClN3O3. The zero-order valence-electron chi connectivity index (χ0n) is 11.1. The molecular weight excluding hydrogens is 270 g/mol. The van der Waals surface area contributed by atoms with E-state index < -0.39 is 5.97 Å². The molecule has 0 unspecified atom stereocenters. The number of carbonyl (C=O) groups is 2. The first-order valence-electron chi connectivity index (χ1n) is 5.70. The Kier molecular flexibility index (Phi) is 5.11. The van der Waals surface area contributed by atoms with Crippen LogP contribution in [0.1, 0.15) is 17.3 Å². The smallest absolute Gasteiger partial charge is 0.337 e. The normalized spacial score (nSPS) is 10.1. The average molecular weight is 286 g/mol. The van der Waals surface area contributed by atoms with Gasteiger partial charge in [-0.1, -0.05) is 11.6 Å². The molecule has 0 atom stereocenters. The molecule has 0 fully saturated rings. The summed E-state index contributed by atoms with van der Waals surface area (Å²) in [5.41, 5.74) is -0.0255. The lowest BCUT2D eigenvalue weighted by Gasteiger charge is -2.23. The van der Waals surface area contributed by atoms with Gasteiger partial charge >= 0.3 is 5.97 Å². The molecule has 1 aromatic heterocycles. The van der Waals surface area contributed by atoms with Crippen molar-refractivity contribution in [1.82, 2.24) is 9.88 Å². The number of carboxylic acid groups (broad SMARTS) is 1. The number of halogens is 1. The first-order valence-corrected chi connectivity index (χ1v) is 6.08. The van der Waals surface area contributed by atoms with E-state index in [4.69, 9.17) is 16.7 Å². The highest BCUT2D eigenvalue weighted by atomic mass is 35.5. The second-order valence-corrected chi connectivity index (χ2v) is 4.54. The monoisotopic (exact) mass is 285 g/mol. The van der Waals surface area contributed by atoms with Gasteiger partial charge in [-0.2, -0.15) is 0 Å². The molecule has 0 saturated heterocycles. The van der Waals surface area contributed by atoms with Gasteiger partial charge < -0.3 is 14.9 Å². The lowest BCUT2D eigenvalue weighted by Crippen LogP contribution is -2.37. The molecule has 0 aliphatic rings. The number of carboxylic acids is 1. The zero-order chi connectivity index (χ0) is 14.6. The van der Waals surface area contributed by atoms with Gasteiger partial charge in [0.25, 0.3) is 0 Å². The van der Waals surface area contributed by atoms with Crippen molar-refractivity contribution in [2.45, 2.75) is 6.92 Å². The highest BCUT2D eigenvalue weighted by Crippen LogP contribution is 2.20. The largest absolute Gasteiger partial charge is 0.478 e. The van der Waals surface area contributed by atoms with Crippen molar-refractivity contribution in [3.63, 3.8) is 0 Å². The van der Waals surface area contributed by atoms with E-state index in [1.54, 1.807) is 19.0 Å². The fourth-order valence-electron chi connectivity index (χ4n) is 1.42. The Bertz CT molecular complexity index is 491. The molecule has 6 nitrogen and oxygen atoms in total. The predicted molar refractivity (Wildman–Crippen MR) is 72.8 cm³/mol. The number of hydrogen-bond acceptors (Lipinski definition) is 4. The second kappa shape index (κ2) is 6.38. The standard InChI is InChI=1S/C12H16ClN3O3/c1-4-16(7-11(17)15(2)3)10-5-8(12(18)19)9(13)6-14-10/h5-6H,4,7H2,1-3H3,(H,18,19). The quantitative estimate of drug-likeness (QED) is 0.884. The molecule has 0 bridgehead atoms. The first-order chi connectivity index (χ1) is 8.86. The topological polar surface area (TPSA) is 73.7 Å². The van der Waals surface area contributed by atoms with Gasteiger partial charge in [-0.05, 0) is 13.0 Å². The highest BCUT2D eigenvalue weighted by molar-refractivity contribution is 6.33. The molecule has 19 heavy (non-hydrogen) atoms. The van der Waals surface area contributed by atoms with Crippen molar-refractivity contribution >= 4 is 29.3 Å². The summed E-state index contributed by atoms with van der Waals surface area (Å²) in [6.45, 7) is 2.53. The van der Waals surface area contributed by atoms with E-state index in [9.17, 15) is 9.59 Å². The van der Waals surface area contributed by atoms with Crippen LogP contribution in [0.25, 0.3) is 0 Å². The summed E-state index contributed by atoms with van der Waals surface area (Å²) in [6.07, 6.45) is 1.28. The minimum absolute atomic E-state index is 0.0255. The van der Waals surface area contributed by atoms with Gasteiger partial charge in [0.05, 0.1) is 17.1 Å². The van der Waals surface area contributed by atoms with Crippen LogP contribution in [0.5, 0.6) is 0 Å². The molecule has 0 spiro atoms. The van der Waals surface area contributed by atoms with Crippen molar-refractivity contribution < 1.29 is 14.7 Å². The summed E-state index contributed by atoms with van der Waals surface area (Å²) >= 11 is 5.76. The number of likely N-dealkylation sites (N-methyl/N-ethyl adjacent to an activating group) is 2. The Balaban J connectivity index is 3.02. The Morgan fingerprint density at radius 3 is 2.53 bits per heavy atom. The van der Waals surface area contributed by atoms with Gasteiger partial charge in [0.1, 0.15) is 5.82 Å². The van der Waals surface area contributed by atoms with Gasteiger partial charge in [-0.3, -0.25) is 4.79 Å². The molecule has 0 saturated carbocycles. The number of nitrogens with zero attached hydrogens (tertiary/aromatic N) is 3. The fourth-order valence-corrected chi connectivity index (χ4v) is 1.61. The van der Waals surface area contributed by atoms with Crippen molar-refractivity contribution in [2.75, 3.05) is 32.1 Å². The molecule has 0 radical (unpaired) electrons. The Morgan fingerprint density at radius 2 is 2.05 bits per heavy atom. The number of rotatable bonds is 5. The van der Waals surface area contributed by atoms with Crippen LogP contribution < -0.4 is 4.90 Å². The molecule has 0 aromatic carbocycles. The first kappa shape index (κ1) is 15.2. The Labute approximate surface area is 116 Å². The van der Waals surface area contributed by atoms with E-state index in [2.05, 4.69) is 4.98 Å². The summed E-state index contributed by atoms with van der Waals surface area (Å²) in [5.74, 6) is -0.793. The molecule has 0 aliphatic heterocycles. The van der Waals surface area contributed by atoms with Crippen LogP contribution in [0, 0.1) is 0 Å². The molecule has 1 aromatic rings. The number of carbonyl (C=O) groups excluding carboxylic acids is 1. The van der Waals surface area contributed by atoms with Crippen LogP contribution in [0.2, 0.25) is 5.02 Å². The summed E-state index contributed by atoms with van der Waals surface area (Å²) in [4.78, 5) is 29.9. The maximum Gasteiger partial charge on any atom is 0.337 e. The molecule has 1 N–H and O–H groups in total. The lowest BCUT2D eigenvalue weighted by atomic mass is 10.2. The van der Waals surface area contributed by atoms with E-state index in [0.717, 1.165) is 0 Å². The Hall–Kier alpha value is -1.82. The molecule has 1 amide bonds. The molecule has 1 rings (SSSR count). The number of pyridine rings is 1. The van der Waals surface area contributed by atoms with Crippen molar-refractivity contribution in [3.8, 4) is 0 Å². The fraction of sp³-hybridized carbons (Fsp3) is 0.417. The summed E-state index contributed by atoms with van der Waals surface area (Å²) in [5, 5.41) is 9.08. The van der Waals surface area contributed by atoms with E-state index in [1.807, 2.05) is 6.92 Å². The van der Waals surface area contributed by atoms with Crippen molar-refractivity contribution in [3.05, 3.63) is 22.8 Å². The summed E-state index contributed by atoms with van der Waals surface area (Å²) in [7, 11) is 3.32. The van der Waals surface area contributed by atoms with Crippen molar-refractivity contribution in [1.29, 1.82) is 0 Å². The van der Waals surface area contributed by atoms with Crippen molar-refractivity contribution in [2.24, 2.45) is 0 Å². The maximum absolute atomic E-state index is 11.7. The molecule has 1 heterocycles. The molecule has 7 heteroatoms. The predicted octanol–water partition coefficient (Wildman–Crippen LogP) is 1.35. The third-order valence-electron chi connectivity index (χ3n) is 2.60. The number of anilines is 1. The van der Waals surface area contributed by atoms with Crippen LogP contribution >= 0.6 is 11.6 Å². The van der Waals surface area contributed by atoms with Gasteiger partial charge in [-0.25, -0.2) is 9.78 Å². The van der Waals surface area contributed by atoms with Gasteiger partial charge in [0.15, 0.2) is 0 Å². The van der Waals surface area contributed by atoms with Crippen LogP contribution in [0.15, 0.2) is 12.3 Å². The number of aromatic nitrogens is 1. The van der Waals surface area contributed by atoms with E-state index >= 15 is 0 Å². The third-order valence-corrected chi connectivity index (χ3v) is 2.90. The van der Waals surface area contributed by atoms with E-state index in [1.165, 1.54) is 17.2 Å². The number of amides is 1. The lowest BCUT2D eigenvalue weighted by molar-refractivity contribution is -0.127. The zero-order valence-corrected chi connectivity index (χ0v) is 11.8. The van der Waals surface area contributed by atoms with Crippen LogP contribution in [-0.4, -0.2) is 54.1 Å². The van der Waals surface area contributed by atoms with Crippen LogP contribution in [-0.2, 0) is 4.79 Å². The minimum Gasteiger partial charge on any atom is -0.478 e. The van der Waals surface area contributed by atoms with Gasteiger partial charge in [0.2, 0.25) is 5.91 Å². The summed E-state index contributed by atoms with van der Waals surface area (Å²) in [6, 6.07) is 1.37. The average Bonchev–Trinajstić information content (AvgIpc) is 2.35. The minimum atomic E-state index is -1.12. The molecule has 0 aliphatic carbocycles. The van der Waals surface area contributed by atoms with Crippen LogP contribution in [0.3, 0.4) is 0 Å². The molecule has 104 valence electrons.